The van der Waals surface area contributed by atoms with Crippen LogP contribution in [0.2, 0.25) is 0 Å². The van der Waals surface area contributed by atoms with E-state index >= 15 is 0 Å². The Hall–Kier alpha value is -0.0800. The van der Waals surface area contributed by atoms with E-state index in [1.54, 1.807) is 0 Å². The molecule has 0 atom stereocenters. The molecule has 0 aromatic carbocycles. The molecular formula is C25H53NO. The second kappa shape index (κ2) is 24.0. The Labute approximate surface area is 172 Å². The van der Waals surface area contributed by atoms with Crippen LogP contribution < -0.4 is 0 Å². The number of unbranched alkanes of at least 4 members (excludes halogenated alkanes) is 17. The van der Waals surface area contributed by atoms with Gasteiger partial charge in [0.1, 0.15) is 0 Å². The summed E-state index contributed by atoms with van der Waals surface area (Å²) in [5.74, 6) is 0. The van der Waals surface area contributed by atoms with Crippen LogP contribution in [0.4, 0.5) is 0 Å². The molecule has 0 fully saturated rings. The van der Waals surface area contributed by atoms with Crippen LogP contribution >= 0.6 is 0 Å². The lowest BCUT2D eigenvalue weighted by molar-refractivity contribution is 0.190. The van der Waals surface area contributed by atoms with Gasteiger partial charge in [-0.2, -0.15) is 0 Å². The summed E-state index contributed by atoms with van der Waals surface area (Å²) >= 11 is 0. The molecule has 1 N–H and O–H groups in total. The second-order valence-electron chi connectivity index (χ2n) is 8.58. The van der Waals surface area contributed by atoms with Crippen LogP contribution in [0.25, 0.3) is 0 Å². The predicted molar refractivity (Wildman–Crippen MR) is 123 cm³/mol. The fraction of sp³-hybridized carbons (Fsp3) is 1.00. The van der Waals surface area contributed by atoms with Gasteiger partial charge in [0.25, 0.3) is 0 Å². The van der Waals surface area contributed by atoms with E-state index in [1.807, 2.05) is 0 Å². The van der Waals surface area contributed by atoms with Gasteiger partial charge in [-0.3, -0.25) is 0 Å². The monoisotopic (exact) mass is 383 g/mol. The first-order chi connectivity index (χ1) is 13.3. The van der Waals surface area contributed by atoms with Gasteiger partial charge >= 0.3 is 0 Å². The van der Waals surface area contributed by atoms with Crippen LogP contribution in [-0.2, 0) is 0 Å². The third-order valence-electron chi connectivity index (χ3n) is 5.82. The lowest BCUT2D eigenvalue weighted by atomic mass is 10.1. The van der Waals surface area contributed by atoms with E-state index in [0.717, 1.165) is 6.54 Å². The third-order valence-corrected chi connectivity index (χ3v) is 5.82. The Morgan fingerprint density at radius 1 is 0.407 bits per heavy atom. The van der Waals surface area contributed by atoms with Gasteiger partial charge in [-0.1, -0.05) is 123 Å². The minimum Gasteiger partial charge on any atom is -0.395 e. The number of aliphatic hydroxyl groups is 1. The zero-order chi connectivity index (χ0) is 19.8. The van der Waals surface area contributed by atoms with Crippen molar-refractivity contribution in [2.24, 2.45) is 0 Å². The number of hydrogen-bond acceptors (Lipinski definition) is 2. The molecule has 2 heteroatoms. The van der Waals surface area contributed by atoms with Gasteiger partial charge in [0.15, 0.2) is 0 Å². The Morgan fingerprint density at radius 3 is 1.00 bits per heavy atom. The van der Waals surface area contributed by atoms with E-state index in [-0.39, 0.29) is 0 Å². The van der Waals surface area contributed by atoms with Crippen molar-refractivity contribution in [1.82, 2.24) is 4.90 Å². The molecule has 0 unspecified atom stereocenters. The first-order valence-electron chi connectivity index (χ1n) is 12.7. The maximum atomic E-state index is 9.30. The summed E-state index contributed by atoms with van der Waals surface area (Å²) in [6, 6.07) is 0. The second-order valence-corrected chi connectivity index (χ2v) is 8.58. The van der Waals surface area contributed by atoms with E-state index in [1.165, 1.54) is 135 Å². The van der Waals surface area contributed by atoms with E-state index in [4.69, 9.17) is 0 Å². The van der Waals surface area contributed by atoms with Gasteiger partial charge in [-0.15, -0.1) is 0 Å². The summed E-state index contributed by atoms with van der Waals surface area (Å²) in [7, 11) is 0. The molecule has 0 saturated carbocycles. The van der Waals surface area contributed by atoms with Crippen molar-refractivity contribution in [3.63, 3.8) is 0 Å². The van der Waals surface area contributed by atoms with Gasteiger partial charge in [0.2, 0.25) is 0 Å². The normalized spacial score (nSPS) is 11.6. The van der Waals surface area contributed by atoms with E-state index < -0.39 is 0 Å². The van der Waals surface area contributed by atoms with Crippen molar-refractivity contribution in [2.75, 3.05) is 26.2 Å². The molecule has 0 aromatic heterocycles. The van der Waals surface area contributed by atoms with Crippen LogP contribution in [0.1, 0.15) is 136 Å². The summed E-state index contributed by atoms with van der Waals surface area (Å²) in [6.07, 6.45) is 26.6. The number of hydrogen-bond donors (Lipinski definition) is 1. The first kappa shape index (κ1) is 26.9. The summed E-state index contributed by atoms with van der Waals surface area (Å²) < 4.78 is 0. The summed E-state index contributed by atoms with van der Waals surface area (Å²) in [5, 5.41) is 9.30. The van der Waals surface area contributed by atoms with Crippen molar-refractivity contribution in [2.45, 2.75) is 136 Å². The summed E-state index contributed by atoms with van der Waals surface area (Å²) in [4.78, 5) is 2.49. The molecule has 0 bridgehead atoms. The SMILES string of the molecule is CCCCCCCCCCCCN(CCO)CCCCCCCCCCC. The molecule has 0 spiro atoms. The molecule has 2 nitrogen and oxygen atoms in total. The van der Waals surface area contributed by atoms with Crippen LogP contribution in [0.3, 0.4) is 0 Å². The molecule has 0 rings (SSSR count). The number of aliphatic hydroxyl groups excluding tert-OH is 1. The minimum absolute atomic E-state index is 0.315. The molecule has 0 saturated heterocycles. The van der Waals surface area contributed by atoms with Crippen molar-refractivity contribution in [1.29, 1.82) is 0 Å². The van der Waals surface area contributed by atoms with Gasteiger partial charge in [-0.25, -0.2) is 0 Å². The Balaban J connectivity index is 3.41. The molecule has 164 valence electrons. The fourth-order valence-electron chi connectivity index (χ4n) is 3.95. The van der Waals surface area contributed by atoms with Crippen LogP contribution in [0.15, 0.2) is 0 Å². The predicted octanol–water partition coefficient (Wildman–Crippen LogP) is 7.73. The minimum atomic E-state index is 0.315. The molecule has 0 amide bonds. The van der Waals surface area contributed by atoms with Gasteiger partial charge in [0, 0.05) is 6.54 Å². The molecule has 0 aromatic rings. The highest BCUT2D eigenvalue weighted by atomic mass is 16.3. The van der Waals surface area contributed by atoms with Crippen LogP contribution in [0.5, 0.6) is 0 Å². The van der Waals surface area contributed by atoms with Crippen LogP contribution in [-0.4, -0.2) is 36.2 Å². The van der Waals surface area contributed by atoms with E-state index in [2.05, 4.69) is 18.7 Å². The van der Waals surface area contributed by atoms with Gasteiger partial charge in [-0.05, 0) is 25.9 Å². The highest BCUT2D eigenvalue weighted by Crippen LogP contribution is 2.12. The van der Waals surface area contributed by atoms with Crippen molar-refractivity contribution in [3.05, 3.63) is 0 Å². The molecule has 0 radical (unpaired) electrons. The molecule has 0 aliphatic rings. The Bertz CT molecular complexity index is 257. The topological polar surface area (TPSA) is 23.5 Å². The standard InChI is InChI=1S/C25H53NO/c1-3-5-7-9-11-13-15-17-19-21-23-26(24-25-27)22-20-18-16-14-12-10-8-6-4-2/h27H,3-25H2,1-2H3. The van der Waals surface area contributed by atoms with E-state index in [9.17, 15) is 5.11 Å². The van der Waals surface area contributed by atoms with Gasteiger partial charge in [0.05, 0.1) is 6.61 Å². The van der Waals surface area contributed by atoms with Crippen molar-refractivity contribution >= 4 is 0 Å². The first-order valence-corrected chi connectivity index (χ1v) is 12.7. The average molecular weight is 384 g/mol. The smallest absolute Gasteiger partial charge is 0.0558 e. The zero-order valence-electron chi connectivity index (χ0n) is 19.2. The third kappa shape index (κ3) is 22.1. The van der Waals surface area contributed by atoms with Crippen LogP contribution in [0, 0.1) is 0 Å². The Morgan fingerprint density at radius 2 is 0.704 bits per heavy atom. The molecule has 27 heavy (non-hydrogen) atoms. The maximum Gasteiger partial charge on any atom is 0.0558 e. The molecule has 0 aliphatic carbocycles. The van der Waals surface area contributed by atoms with Gasteiger partial charge < -0.3 is 10.0 Å². The molecule has 0 aliphatic heterocycles. The summed E-state index contributed by atoms with van der Waals surface area (Å²) in [6.45, 7) is 8.13. The average Bonchev–Trinajstić information content (AvgIpc) is 2.68. The van der Waals surface area contributed by atoms with Crippen molar-refractivity contribution in [3.8, 4) is 0 Å². The summed E-state index contributed by atoms with van der Waals surface area (Å²) in [5.41, 5.74) is 0. The van der Waals surface area contributed by atoms with E-state index in [0.29, 0.717) is 6.61 Å². The molecule has 0 heterocycles. The highest BCUT2D eigenvalue weighted by Gasteiger charge is 2.04. The number of rotatable bonds is 23. The highest BCUT2D eigenvalue weighted by molar-refractivity contribution is 4.59. The Kier molecular flexibility index (Phi) is 23.9. The zero-order valence-corrected chi connectivity index (χ0v) is 19.2. The quantitative estimate of drug-likeness (QED) is 0.182. The number of nitrogens with zero attached hydrogens (tertiary/aromatic N) is 1. The lowest BCUT2D eigenvalue weighted by Crippen LogP contribution is -2.29. The van der Waals surface area contributed by atoms with Crippen molar-refractivity contribution < 1.29 is 5.11 Å². The largest absolute Gasteiger partial charge is 0.395 e. The maximum absolute atomic E-state index is 9.30. The molecular weight excluding hydrogens is 330 g/mol. The fourth-order valence-corrected chi connectivity index (χ4v) is 3.95. The lowest BCUT2D eigenvalue weighted by Gasteiger charge is -2.21.